The van der Waals surface area contributed by atoms with Crippen molar-refractivity contribution in [1.82, 2.24) is 15.1 Å². The highest BCUT2D eigenvalue weighted by Gasteiger charge is 2.41. The Bertz CT molecular complexity index is 495. The SMILES string of the molecule is Cl.O=C(C1CCCCC1C(=O)N1CCC2CCC(C1)N2)N1CCCC1. The van der Waals surface area contributed by atoms with Crippen molar-refractivity contribution in [1.29, 1.82) is 0 Å². The first kappa shape index (κ1) is 19.0. The van der Waals surface area contributed by atoms with Gasteiger partial charge in [0.05, 0.1) is 0 Å². The van der Waals surface area contributed by atoms with Gasteiger partial charge in [0.25, 0.3) is 0 Å². The fraction of sp³-hybridized carbons (Fsp3) is 0.895. The van der Waals surface area contributed by atoms with E-state index in [1.54, 1.807) is 0 Å². The van der Waals surface area contributed by atoms with Gasteiger partial charge in [0.1, 0.15) is 0 Å². The number of nitrogens with one attached hydrogen (secondary N) is 1. The first-order chi connectivity index (χ1) is 11.7. The van der Waals surface area contributed by atoms with Crippen molar-refractivity contribution in [2.24, 2.45) is 11.8 Å². The summed E-state index contributed by atoms with van der Waals surface area (Å²) < 4.78 is 0. The molecule has 5 nitrogen and oxygen atoms in total. The summed E-state index contributed by atoms with van der Waals surface area (Å²) in [4.78, 5) is 30.3. The minimum Gasteiger partial charge on any atom is -0.342 e. The molecule has 4 aliphatic rings. The van der Waals surface area contributed by atoms with Crippen molar-refractivity contribution in [3.63, 3.8) is 0 Å². The summed E-state index contributed by atoms with van der Waals surface area (Å²) in [7, 11) is 0. The molecule has 3 heterocycles. The highest BCUT2D eigenvalue weighted by molar-refractivity contribution is 5.88. The number of carbonyl (C=O) groups is 2. The third kappa shape index (κ3) is 3.97. The lowest BCUT2D eigenvalue weighted by molar-refractivity contribution is -0.147. The van der Waals surface area contributed by atoms with Gasteiger partial charge in [-0.05, 0) is 44.9 Å². The molecule has 2 bridgehead atoms. The summed E-state index contributed by atoms with van der Waals surface area (Å²) in [5.74, 6) is 0.405. The fourth-order valence-electron chi connectivity index (χ4n) is 5.27. The number of fused-ring (bicyclic) bond motifs is 2. The lowest BCUT2D eigenvalue weighted by Gasteiger charge is -2.36. The third-order valence-electron chi connectivity index (χ3n) is 6.65. The summed E-state index contributed by atoms with van der Waals surface area (Å²) in [6.45, 7) is 3.51. The van der Waals surface area contributed by atoms with Crippen LogP contribution in [-0.4, -0.2) is 59.9 Å². The molecule has 4 fully saturated rings. The Balaban J connectivity index is 0.00000182. The molecule has 1 saturated carbocycles. The number of hydrogen-bond donors (Lipinski definition) is 1. The van der Waals surface area contributed by atoms with Crippen molar-refractivity contribution in [2.45, 2.75) is 69.9 Å². The van der Waals surface area contributed by atoms with Crippen molar-refractivity contribution in [2.75, 3.05) is 26.2 Å². The maximum Gasteiger partial charge on any atom is 0.226 e. The smallest absolute Gasteiger partial charge is 0.226 e. The summed E-state index contributed by atoms with van der Waals surface area (Å²) in [5.41, 5.74) is 0. The molecule has 142 valence electrons. The van der Waals surface area contributed by atoms with E-state index < -0.39 is 0 Å². The molecule has 0 spiro atoms. The van der Waals surface area contributed by atoms with Gasteiger partial charge in [0.15, 0.2) is 0 Å². The van der Waals surface area contributed by atoms with E-state index in [1.165, 1.54) is 12.8 Å². The van der Waals surface area contributed by atoms with Gasteiger partial charge in [-0.25, -0.2) is 0 Å². The van der Waals surface area contributed by atoms with Gasteiger partial charge in [-0.1, -0.05) is 12.8 Å². The van der Waals surface area contributed by atoms with Gasteiger partial charge in [0.2, 0.25) is 11.8 Å². The first-order valence-corrected chi connectivity index (χ1v) is 10.1. The maximum atomic E-state index is 13.2. The van der Waals surface area contributed by atoms with Gasteiger partial charge >= 0.3 is 0 Å². The van der Waals surface area contributed by atoms with E-state index in [1.807, 2.05) is 4.90 Å². The summed E-state index contributed by atoms with van der Waals surface area (Å²) in [5, 5.41) is 3.65. The fourth-order valence-corrected chi connectivity index (χ4v) is 5.27. The molecule has 0 aromatic heterocycles. The molecule has 3 aliphatic heterocycles. The molecule has 0 aromatic carbocycles. The average Bonchev–Trinajstić information content (AvgIpc) is 3.23. The Hall–Kier alpha value is -0.810. The number of hydrogen-bond acceptors (Lipinski definition) is 3. The monoisotopic (exact) mass is 369 g/mol. The summed E-state index contributed by atoms with van der Waals surface area (Å²) in [6, 6.07) is 1.07. The Kier molecular flexibility index (Phi) is 6.26. The van der Waals surface area contributed by atoms with E-state index in [-0.39, 0.29) is 36.1 Å². The predicted octanol–water partition coefficient (Wildman–Crippen LogP) is 2.19. The van der Waals surface area contributed by atoms with Gasteiger partial charge in [-0.3, -0.25) is 9.59 Å². The van der Waals surface area contributed by atoms with Crippen LogP contribution in [0.2, 0.25) is 0 Å². The zero-order chi connectivity index (χ0) is 16.5. The van der Waals surface area contributed by atoms with E-state index in [0.717, 1.165) is 71.1 Å². The lowest BCUT2D eigenvalue weighted by Crippen LogP contribution is -2.48. The highest BCUT2D eigenvalue weighted by Crippen LogP contribution is 2.34. The van der Waals surface area contributed by atoms with Gasteiger partial charge in [-0.2, -0.15) is 0 Å². The van der Waals surface area contributed by atoms with E-state index in [9.17, 15) is 9.59 Å². The second kappa shape index (κ2) is 8.26. The van der Waals surface area contributed by atoms with E-state index in [0.29, 0.717) is 12.1 Å². The van der Waals surface area contributed by atoms with Crippen molar-refractivity contribution in [3.8, 4) is 0 Å². The Morgan fingerprint density at radius 1 is 0.680 bits per heavy atom. The van der Waals surface area contributed by atoms with Gasteiger partial charge in [0, 0.05) is 50.1 Å². The average molecular weight is 370 g/mol. The Morgan fingerprint density at radius 2 is 1.28 bits per heavy atom. The molecular formula is C19H32ClN3O2. The van der Waals surface area contributed by atoms with E-state index in [4.69, 9.17) is 0 Å². The minimum absolute atomic E-state index is 0. The largest absolute Gasteiger partial charge is 0.342 e. The molecule has 6 heteroatoms. The van der Waals surface area contributed by atoms with Crippen molar-refractivity contribution in [3.05, 3.63) is 0 Å². The molecule has 4 atom stereocenters. The number of nitrogens with zero attached hydrogens (tertiary/aromatic N) is 2. The second-order valence-corrected chi connectivity index (χ2v) is 8.24. The molecule has 25 heavy (non-hydrogen) atoms. The van der Waals surface area contributed by atoms with Crippen LogP contribution in [0.5, 0.6) is 0 Å². The predicted molar refractivity (Wildman–Crippen MR) is 99.7 cm³/mol. The quantitative estimate of drug-likeness (QED) is 0.811. The van der Waals surface area contributed by atoms with Crippen LogP contribution < -0.4 is 5.32 Å². The zero-order valence-corrected chi connectivity index (χ0v) is 15.9. The maximum absolute atomic E-state index is 13.2. The van der Waals surface area contributed by atoms with E-state index in [2.05, 4.69) is 10.2 Å². The molecule has 3 saturated heterocycles. The molecule has 0 radical (unpaired) electrons. The normalized spacial score (nSPS) is 35.2. The van der Waals surface area contributed by atoms with Crippen LogP contribution in [0.15, 0.2) is 0 Å². The lowest BCUT2D eigenvalue weighted by atomic mass is 9.77. The highest BCUT2D eigenvalue weighted by atomic mass is 35.5. The van der Waals surface area contributed by atoms with Crippen LogP contribution in [0.3, 0.4) is 0 Å². The second-order valence-electron chi connectivity index (χ2n) is 8.24. The van der Waals surface area contributed by atoms with Gasteiger partial charge in [-0.15, -0.1) is 12.4 Å². The molecular weight excluding hydrogens is 338 g/mol. The molecule has 0 aromatic rings. The summed E-state index contributed by atoms with van der Waals surface area (Å²) >= 11 is 0. The summed E-state index contributed by atoms with van der Waals surface area (Å²) in [6.07, 6.45) is 9.76. The van der Waals surface area contributed by atoms with Gasteiger partial charge < -0.3 is 15.1 Å². The van der Waals surface area contributed by atoms with Crippen molar-refractivity contribution >= 4 is 24.2 Å². The van der Waals surface area contributed by atoms with Crippen LogP contribution in [0.1, 0.15) is 57.8 Å². The van der Waals surface area contributed by atoms with Crippen molar-refractivity contribution < 1.29 is 9.59 Å². The molecule has 4 unspecified atom stereocenters. The Labute approximate surface area is 157 Å². The standard InChI is InChI=1S/C19H31N3O2.ClH/c23-18(21-10-3-4-11-21)16-5-1-2-6-17(16)19(24)22-12-9-14-7-8-15(13-22)20-14;/h14-17,20H,1-13H2;1H. The Morgan fingerprint density at radius 3 is 1.96 bits per heavy atom. The number of carbonyl (C=O) groups excluding carboxylic acids is 2. The number of likely N-dealkylation sites (tertiary alicyclic amines) is 2. The van der Waals surface area contributed by atoms with Crippen LogP contribution in [-0.2, 0) is 9.59 Å². The topological polar surface area (TPSA) is 52.7 Å². The molecule has 2 amide bonds. The number of halogens is 1. The first-order valence-electron chi connectivity index (χ1n) is 10.1. The third-order valence-corrected chi connectivity index (χ3v) is 6.65. The van der Waals surface area contributed by atoms with Crippen LogP contribution >= 0.6 is 12.4 Å². The van der Waals surface area contributed by atoms with Crippen LogP contribution in [0.25, 0.3) is 0 Å². The zero-order valence-electron chi connectivity index (χ0n) is 15.1. The molecule has 4 rings (SSSR count). The molecule has 1 N–H and O–H groups in total. The molecule has 1 aliphatic carbocycles. The number of rotatable bonds is 2. The van der Waals surface area contributed by atoms with Crippen LogP contribution in [0, 0.1) is 11.8 Å². The van der Waals surface area contributed by atoms with Crippen LogP contribution in [0.4, 0.5) is 0 Å². The van der Waals surface area contributed by atoms with E-state index >= 15 is 0 Å². The minimum atomic E-state index is -0.0662. The number of amides is 2.